The van der Waals surface area contributed by atoms with Crippen molar-refractivity contribution >= 4 is 57.4 Å². The molecule has 10 nitrogen and oxygen atoms in total. The van der Waals surface area contributed by atoms with Crippen molar-refractivity contribution in [2.45, 2.75) is 56.4 Å². The van der Waals surface area contributed by atoms with Crippen LogP contribution in [0.5, 0.6) is 0 Å². The Hall–Kier alpha value is -3.25. The van der Waals surface area contributed by atoms with Gasteiger partial charge in [-0.25, -0.2) is 9.28 Å². The van der Waals surface area contributed by atoms with Gasteiger partial charge in [-0.05, 0) is 43.5 Å². The Morgan fingerprint density at radius 2 is 1.73 bits per heavy atom. The third-order valence-electron chi connectivity index (χ3n) is 11.5. The van der Waals surface area contributed by atoms with E-state index >= 15 is 0 Å². The standard InChI is InChI=1S/C36H42Cl2N6O4/c1-40-16-18-41(19-17-40)27-10-14-42(15-11-27)36(13-21-45)23-28(12-20-44(36,35(47)48)24-25-6-8-30(37)31(38)22-25)43-32-9-7-26-4-2-3-5-29(26)33(32)39-34(43)46/h2-9,21-22,27-28H,10-20,23-24H2,1H3,(H-,39,46,47,48)/p+1/t28?,36?,44-/m0/s1. The van der Waals surface area contributed by atoms with Gasteiger partial charge in [0, 0.05) is 69.1 Å². The normalized spacial score (nSPS) is 26.7. The van der Waals surface area contributed by atoms with Crippen LogP contribution in [0, 0.1) is 0 Å². The van der Waals surface area contributed by atoms with E-state index < -0.39 is 11.8 Å². The van der Waals surface area contributed by atoms with E-state index in [0.29, 0.717) is 42.0 Å². The molecule has 7 rings (SSSR count). The Labute approximate surface area is 290 Å². The highest BCUT2D eigenvalue weighted by Gasteiger charge is 2.63. The van der Waals surface area contributed by atoms with E-state index in [4.69, 9.17) is 23.2 Å². The van der Waals surface area contributed by atoms with Crippen molar-refractivity contribution < 1.29 is 19.2 Å². The zero-order chi connectivity index (χ0) is 33.6. The smallest absolute Gasteiger partial charge is 0.435 e. The number of aromatic amines is 1. The first-order chi connectivity index (χ1) is 23.2. The molecule has 0 aliphatic carbocycles. The van der Waals surface area contributed by atoms with E-state index in [1.165, 1.54) is 0 Å². The fourth-order valence-corrected chi connectivity index (χ4v) is 9.28. The summed E-state index contributed by atoms with van der Waals surface area (Å²) in [5.74, 6) is 0. The molecule has 3 aromatic carbocycles. The fourth-order valence-electron chi connectivity index (χ4n) is 8.96. The second-order valence-corrected chi connectivity index (χ2v) is 14.7. The van der Waals surface area contributed by atoms with Gasteiger partial charge in [0.05, 0.1) is 40.1 Å². The number of hydrogen-bond acceptors (Lipinski definition) is 6. The second kappa shape index (κ2) is 13.2. The molecule has 3 aliphatic rings. The van der Waals surface area contributed by atoms with Crippen molar-refractivity contribution in [3.8, 4) is 0 Å². The van der Waals surface area contributed by atoms with Crippen molar-refractivity contribution in [2.75, 3.05) is 52.9 Å². The summed E-state index contributed by atoms with van der Waals surface area (Å²) < 4.78 is 1.46. The van der Waals surface area contributed by atoms with Gasteiger partial charge < -0.3 is 19.8 Å². The topological polar surface area (TPSA) is 102 Å². The quantitative estimate of drug-likeness (QED) is 0.186. The first-order valence-corrected chi connectivity index (χ1v) is 17.7. The van der Waals surface area contributed by atoms with Gasteiger partial charge in [-0.2, -0.15) is 4.79 Å². The average Bonchev–Trinajstić information content (AvgIpc) is 3.44. The summed E-state index contributed by atoms with van der Waals surface area (Å²) >= 11 is 12.7. The lowest BCUT2D eigenvalue weighted by Crippen LogP contribution is -2.77. The number of quaternary nitrogens is 1. The molecule has 0 radical (unpaired) electrons. The summed E-state index contributed by atoms with van der Waals surface area (Å²) in [4.78, 5) is 50.7. The molecule has 3 aliphatic heterocycles. The summed E-state index contributed by atoms with van der Waals surface area (Å²) in [5.41, 5.74) is 0.975. The summed E-state index contributed by atoms with van der Waals surface area (Å²) in [6.07, 6.45) is 2.48. The first-order valence-electron chi connectivity index (χ1n) is 16.9. The van der Waals surface area contributed by atoms with E-state index in [-0.39, 0.29) is 35.7 Å². The number of rotatable bonds is 7. The zero-order valence-corrected chi connectivity index (χ0v) is 28.8. The van der Waals surface area contributed by atoms with Gasteiger partial charge >= 0.3 is 11.8 Å². The SMILES string of the molecule is CN1CCN(C2CCN(C3(CC=O)CC(n4c(=O)[nH]c5c6ccccc6ccc54)CC[N@+]3(Cc3ccc(Cl)c(Cl)c3)C(=O)O)CC2)CC1. The molecule has 0 spiro atoms. The Morgan fingerprint density at radius 3 is 2.44 bits per heavy atom. The largest absolute Gasteiger partial charge is 0.515 e. The lowest BCUT2D eigenvalue weighted by Gasteiger charge is -2.59. The van der Waals surface area contributed by atoms with Gasteiger partial charge in [0.15, 0.2) is 5.66 Å². The van der Waals surface area contributed by atoms with Gasteiger partial charge in [-0.3, -0.25) is 14.4 Å². The molecule has 2 N–H and O–H groups in total. The number of aromatic nitrogens is 2. The molecule has 4 heterocycles. The number of halogens is 2. The Balaban J connectivity index is 1.31. The summed E-state index contributed by atoms with van der Waals surface area (Å²) in [6.45, 7) is 5.82. The van der Waals surface area contributed by atoms with Crippen molar-refractivity contribution in [3.63, 3.8) is 0 Å². The van der Waals surface area contributed by atoms with Crippen LogP contribution in [0.25, 0.3) is 21.8 Å². The minimum atomic E-state index is -1.10. The molecule has 2 unspecified atom stereocenters. The molecule has 254 valence electrons. The van der Waals surface area contributed by atoms with Crippen molar-refractivity contribution in [1.29, 1.82) is 0 Å². The number of likely N-dealkylation sites (tertiary alicyclic amines) is 2. The monoisotopic (exact) mass is 693 g/mol. The van der Waals surface area contributed by atoms with Crippen LogP contribution in [-0.4, -0.2) is 111 Å². The maximum absolute atomic E-state index is 13.8. The van der Waals surface area contributed by atoms with Gasteiger partial charge in [0.25, 0.3) is 0 Å². The minimum Gasteiger partial charge on any atom is -0.435 e. The molecular weight excluding hydrogens is 651 g/mol. The third kappa shape index (κ3) is 5.66. The van der Waals surface area contributed by atoms with Gasteiger partial charge in [-0.1, -0.05) is 59.6 Å². The number of hydrogen-bond donors (Lipinski definition) is 2. The number of carboxylic acid groups (broad SMARTS) is 1. The lowest BCUT2D eigenvalue weighted by molar-refractivity contribution is -0.942. The molecular formula is C36H43Cl2N6O4+. The number of carbonyl (C=O) groups is 2. The van der Waals surface area contributed by atoms with E-state index in [1.807, 2.05) is 47.0 Å². The number of benzene rings is 3. The highest BCUT2D eigenvalue weighted by molar-refractivity contribution is 6.42. The van der Waals surface area contributed by atoms with Gasteiger partial charge in [-0.15, -0.1) is 0 Å². The number of likely N-dealkylation sites (N-methyl/N-ethyl adjacent to an activating group) is 1. The summed E-state index contributed by atoms with van der Waals surface area (Å²) in [7, 11) is 2.15. The maximum Gasteiger partial charge on any atom is 0.515 e. The number of aldehydes is 1. The predicted octanol–water partition coefficient (Wildman–Crippen LogP) is 5.82. The molecule has 0 bridgehead atoms. The van der Waals surface area contributed by atoms with Crippen LogP contribution in [0.15, 0.2) is 59.4 Å². The third-order valence-corrected chi connectivity index (χ3v) is 12.2. The molecule has 3 atom stereocenters. The van der Waals surface area contributed by atoms with Crippen LogP contribution in [-0.2, 0) is 11.3 Å². The molecule has 1 amide bonds. The van der Waals surface area contributed by atoms with Crippen LogP contribution in [0.3, 0.4) is 0 Å². The van der Waals surface area contributed by atoms with Crippen molar-refractivity contribution in [2.24, 2.45) is 0 Å². The number of H-pyrrole nitrogens is 1. The molecule has 4 aromatic rings. The number of fused-ring (bicyclic) bond motifs is 3. The second-order valence-electron chi connectivity index (χ2n) is 13.9. The highest BCUT2D eigenvalue weighted by atomic mass is 35.5. The number of amides is 1. The number of imidazole rings is 1. The maximum atomic E-state index is 13.8. The van der Waals surface area contributed by atoms with Crippen LogP contribution >= 0.6 is 23.2 Å². The number of piperazine rings is 1. The number of nitrogens with one attached hydrogen (secondary N) is 1. The van der Waals surface area contributed by atoms with Crippen LogP contribution in [0.2, 0.25) is 10.0 Å². The molecule has 0 saturated carbocycles. The van der Waals surface area contributed by atoms with Crippen molar-refractivity contribution in [3.05, 3.63) is 80.7 Å². The Bertz CT molecular complexity index is 1900. The molecule has 3 saturated heterocycles. The lowest BCUT2D eigenvalue weighted by atomic mass is 9.82. The highest BCUT2D eigenvalue weighted by Crippen LogP contribution is 2.48. The van der Waals surface area contributed by atoms with Crippen LogP contribution in [0.4, 0.5) is 4.79 Å². The molecule has 3 fully saturated rings. The van der Waals surface area contributed by atoms with Crippen molar-refractivity contribution in [1.82, 2.24) is 24.3 Å². The van der Waals surface area contributed by atoms with E-state index in [2.05, 4.69) is 26.7 Å². The van der Waals surface area contributed by atoms with Gasteiger partial charge in [0.2, 0.25) is 0 Å². The van der Waals surface area contributed by atoms with Crippen LogP contribution < -0.4 is 5.69 Å². The average molecular weight is 695 g/mol. The summed E-state index contributed by atoms with van der Waals surface area (Å²) in [5, 5.41) is 14.0. The number of carbonyl (C=O) groups excluding carboxylic acids is 1. The number of nitrogens with zero attached hydrogens (tertiary/aromatic N) is 5. The molecule has 48 heavy (non-hydrogen) atoms. The fraction of sp³-hybridized carbons (Fsp3) is 0.472. The predicted molar refractivity (Wildman–Crippen MR) is 189 cm³/mol. The van der Waals surface area contributed by atoms with Crippen LogP contribution in [0.1, 0.15) is 43.7 Å². The van der Waals surface area contributed by atoms with E-state index in [1.54, 1.807) is 12.1 Å². The summed E-state index contributed by atoms with van der Waals surface area (Å²) in [6, 6.07) is 17.3. The van der Waals surface area contributed by atoms with Gasteiger partial charge in [0.1, 0.15) is 12.8 Å². The molecule has 12 heteroatoms. The number of piperidine rings is 2. The first kappa shape index (κ1) is 33.3. The minimum absolute atomic E-state index is 0.0241. The Morgan fingerprint density at radius 1 is 0.979 bits per heavy atom. The Kier molecular flexibility index (Phi) is 9.16. The van der Waals surface area contributed by atoms with E-state index in [9.17, 15) is 19.5 Å². The van der Waals surface area contributed by atoms with E-state index in [0.717, 1.165) is 72.7 Å². The zero-order valence-electron chi connectivity index (χ0n) is 27.3. The molecule has 1 aromatic heterocycles.